The molecule has 3 rings (SSSR count). The van der Waals surface area contributed by atoms with E-state index < -0.39 is 0 Å². The third-order valence-electron chi connectivity index (χ3n) is 4.55. The Morgan fingerprint density at radius 3 is 2.70 bits per heavy atom. The maximum absolute atomic E-state index is 12.3. The minimum atomic E-state index is -0.0834. The van der Waals surface area contributed by atoms with Crippen molar-refractivity contribution >= 4 is 11.6 Å². The molecule has 2 atom stereocenters. The third-order valence-corrected chi connectivity index (χ3v) is 4.55. The molecule has 0 spiro atoms. The Morgan fingerprint density at radius 2 is 2.04 bits per heavy atom. The Morgan fingerprint density at radius 1 is 1.26 bits per heavy atom. The van der Waals surface area contributed by atoms with Crippen molar-refractivity contribution in [1.82, 2.24) is 10.3 Å². The van der Waals surface area contributed by atoms with E-state index in [9.17, 15) is 4.79 Å². The highest BCUT2D eigenvalue weighted by molar-refractivity contribution is 5.94. The smallest absolute Gasteiger partial charge is 0.251 e. The second-order valence-electron chi connectivity index (χ2n) is 6.11. The third kappa shape index (κ3) is 3.47. The number of pyridine rings is 1. The van der Waals surface area contributed by atoms with Gasteiger partial charge in [-0.1, -0.05) is 30.3 Å². The van der Waals surface area contributed by atoms with E-state index >= 15 is 0 Å². The van der Waals surface area contributed by atoms with Crippen LogP contribution < -0.4 is 5.32 Å². The lowest BCUT2D eigenvalue weighted by molar-refractivity contribution is 0.0950. The maximum atomic E-state index is 12.3. The van der Waals surface area contributed by atoms with Gasteiger partial charge in [0.15, 0.2) is 0 Å². The Balaban J connectivity index is 1.67. The van der Waals surface area contributed by atoms with Crippen molar-refractivity contribution in [3.8, 4) is 0 Å². The van der Waals surface area contributed by atoms with Gasteiger partial charge >= 0.3 is 0 Å². The van der Waals surface area contributed by atoms with Crippen LogP contribution in [0.4, 0.5) is 0 Å². The molecule has 0 radical (unpaired) electrons. The van der Waals surface area contributed by atoms with Crippen LogP contribution in [0.15, 0.2) is 48.7 Å². The van der Waals surface area contributed by atoms with Crippen LogP contribution in [-0.4, -0.2) is 16.6 Å². The molecule has 1 unspecified atom stereocenters. The first-order valence-electron chi connectivity index (χ1n) is 7.98. The van der Waals surface area contributed by atoms with Gasteiger partial charge in [-0.15, -0.1) is 0 Å². The van der Waals surface area contributed by atoms with Gasteiger partial charge in [-0.3, -0.25) is 9.78 Å². The molecule has 4 heteroatoms. The zero-order valence-corrected chi connectivity index (χ0v) is 13.3. The molecular weight excluding hydrogens is 286 g/mol. The summed E-state index contributed by atoms with van der Waals surface area (Å²) in [4.78, 5) is 16.8. The lowest BCUT2D eigenvalue weighted by atomic mass is 9.69. The van der Waals surface area contributed by atoms with Crippen LogP contribution in [0, 0.1) is 11.3 Å². The zero-order valence-electron chi connectivity index (χ0n) is 13.3. The molecule has 1 aromatic carbocycles. The predicted octanol–water partition coefficient (Wildman–Crippen LogP) is 3.54. The topological polar surface area (TPSA) is 65.8 Å². The molecule has 2 aromatic rings. The van der Waals surface area contributed by atoms with Gasteiger partial charge in [0.25, 0.3) is 5.91 Å². The van der Waals surface area contributed by atoms with E-state index in [1.807, 2.05) is 43.3 Å². The molecule has 1 saturated carbocycles. The molecule has 1 amide bonds. The first-order valence-corrected chi connectivity index (χ1v) is 7.98. The SMILES string of the molecule is CC(=N)C1CC[C@H]1c1cc(C(=O)NCc2ccccc2)ccn1. The van der Waals surface area contributed by atoms with Crippen molar-refractivity contribution in [3.05, 3.63) is 65.5 Å². The monoisotopic (exact) mass is 307 g/mol. The quantitative estimate of drug-likeness (QED) is 0.830. The van der Waals surface area contributed by atoms with Crippen molar-refractivity contribution in [3.63, 3.8) is 0 Å². The lowest BCUT2D eigenvalue weighted by Gasteiger charge is -2.35. The van der Waals surface area contributed by atoms with Crippen molar-refractivity contribution in [2.45, 2.75) is 32.2 Å². The predicted molar refractivity (Wildman–Crippen MR) is 90.7 cm³/mol. The summed E-state index contributed by atoms with van der Waals surface area (Å²) in [6.45, 7) is 2.37. The standard InChI is InChI=1S/C19H21N3O/c1-13(20)16-7-8-17(16)18-11-15(9-10-21-18)19(23)22-12-14-5-3-2-4-6-14/h2-6,9-11,16-17,20H,7-8,12H2,1H3,(H,22,23)/t16?,17-/m1/s1. The number of rotatable bonds is 5. The summed E-state index contributed by atoms with van der Waals surface area (Å²) in [6.07, 6.45) is 3.79. The maximum Gasteiger partial charge on any atom is 0.251 e. The first kappa shape index (κ1) is 15.4. The number of carbonyl (C=O) groups is 1. The number of nitrogens with one attached hydrogen (secondary N) is 2. The van der Waals surface area contributed by atoms with Gasteiger partial charge in [0.1, 0.15) is 0 Å². The highest BCUT2D eigenvalue weighted by Crippen LogP contribution is 2.42. The van der Waals surface area contributed by atoms with E-state index in [0.717, 1.165) is 24.1 Å². The number of hydrogen-bond donors (Lipinski definition) is 2. The average molecular weight is 307 g/mol. The average Bonchev–Trinajstić information content (AvgIpc) is 2.52. The van der Waals surface area contributed by atoms with E-state index in [-0.39, 0.29) is 17.7 Å². The van der Waals surface area contributed by atoms with Crippen LogP contribution in [0.3, 0.4) is 0 Å². The van der Waals surface area contributed by atoms with Gasteiger partial charge in [-0.25, -0.2) is 0 Å². The summed E-state index contributed by atoms with van der Waals surface area (Å²) >= 11 is 0. The van der Waals surface area contributed by atoms with Gasteiger partial charge in [-0.05, 0) is 37.5 Å². The van der Waals surface area contributed by atoms with Crippen LogP contribution in [0.1, 0.15) is 47.3 Å². The van der Waals surface area contributed by atoms with Crippen molar-refractivity contribution in [2.24, 2.45) is 5.92 Å². The molecule has 1 aromatic heterocycles. The number of amides is 1. The summed E-state index contributed by atoms with van der Waals surface area (Å²) < 4.78 is 0. The zero-order chi connectivity index (χ0) is 16.2. The number of nitrogens with zero attached hydrogens (tertiary/aromatic N) is 1. The van der Waals surface area contributed by atoms with Crippen molar-refractivity contribution in [1.29, 1.82) is 5.41 Å². The highest BCUT2D eigenvalue weighted by Gasteiger charge is 2.34. The van der Waals surface area contributed by atoms with Crippen LogP contribution >= 0.6 is 0 Å². The normalized spacial score (nSPS) is 19.7. The summed E-state index contributed by atoms with van der Waals surface area (Å²) in [5, 5.41) is 10.8. The van der Waals surface area contributed by atoms with E-state index in [1.54, 1.807) is 12.3 Å². The van der Waals surface area contributed by atoms with E-state index in [4.69, 9.17) is 5.41 Å². The van der Waals surface area contributed by atoms with Crippen LogP contribution in [-0.2, 0) is 6.54 Å². The molecule has 1 fully saturated rings. The van der Waals surface area contributed by atoms with Gasteiger partial charge < -0.3 is 10.7 Å². The van der Waals surface area contributed by atoms with E-state index in [2.05, 4.69) is 10.3 Å². The second kappa shape index (κ2) is 6.73. The van der Waals surface area contributed by atoms with E-state index in [1.165, 1.54) is 0 Å². The molecular formula is C19H21N3O. The lowest BCUT2D eigenvalue weighted by Crippen LogP contribution is -2.30. The summed E-state index contributed by atoms with van der Waals surface area (Å²) in [5.74, 6) is 0.486. The second-order valence-corrected chi connectivity index (χ2v) is 6.11. The summed E-state index contributed by atoms with van der Waals surface area (Å²) in [6, 6.07) is 13.5. The van der Waals surface area contributed by atoms with Gasteiger partial charge in [0, 0.05) is 41.5 Å². The molecule has 0 bridgehead atoms. The summed E-state index contributed by atoms with van der Waals surface area (Å²) in [5.41, 5.74) is 3.36. The number of aromatic nitrogens is 1. The van der Waals surface area contributed by atoms with Crippen LogP contribution in [0.25, 0.3) is 0 Å². The molecule has 118 valence electrons. The summed E-state index contributed by atoms with van der Waals surface area (Å²) in [7, 11) is 0. The molecule has 0 aliphatic heterocycles. The number of hydrogen-bond acceptors (Lipinski definition) is 3. The fraction of sp³-hybridized carbons (Fsp3) is 0.316. The largest absolute Gasteiger partial charge is 0.348 e. The fourth-order valence-electron chi connectivity index (χ4n) is 3.04. The Hall–Kier alpha value is -2.49. The minimum absolute atomic E-state index is 0.0834. The minimum Gasteiger partial charge on any atom is -0.348 e. The molecule has 1 aliphatic carbocycles. The Labute approximate surface area is 136 Å². The molecule has 2 N–H and O–H groups in total. The first-order chi connectivity index (χ1) is 11.1. The highest BCUT2D eigenvalue weighted by atomic mass is 16.1. The van der Waals surface area contributed by atoms with Crippen LogP contribution in [0.2, 0.25) is 0 Å². The van der Waals surface area contributed by atoms with Crippen molar-refractivity contribution in [2.75, 3.05) is 0 Å². The van der Waals surface area contributed by atoms with Crippen molar-refractivity contribution < 1.29 is 4.79 Å². The Kier molecular flexibility index (Phi) is 4.51. The molecule has 4 nitrogen and oxygen atoms in total. The Bertz CT molecular complexity index is 712. The van der Waals surface area contributed by atoms with Gasteiger partial charge in [0.2, 0.25) is 0 Å². The molecule has 1 aliphatic rings. The van der Waals surface area contributed by atoms with Crippen LogP contribution in [0.5, 0.6) is 0 Å². The molecule has 23 heavy (non-hydrogen) atoms. The van der Waals surface area contributed by atoms with Gasteiger partial charge in [0.05, 0.1) is 0 Å². The molecule has 1 heterocycles. The molecule has 0 saturated heterocycles. The number of benzene rings is 1. The van der Waals surface area contributed by atoms with E-state index in [0.29, 0.717) is 17.8 Å². The number of carbonyl (C=O) groups excluding carboxylic acids is 1. The fourth-order valence-corrected chi connectivity index (χ4v) is 3.04. The van der Waals surface area contributed by atoms with Gasteiger partial charge in [-0.2, -0.15) is 0 Å².